The van der Waals surface area contributed by atoms with Gasteiger partial charge in [-0.05, 0) is 46.4 Å². The molecule has 3 N–H and O–H groups in total. The fourth-order valence-electron chi connectivity index (χ4n) is 4.93. The molecule has 1 saturated carbocycles. The van der Waals surface area contributed by atoms with Gasteiger partial charge >= 0.3 is 12.1 Å². The number of fused-ring (bicyclic) bond motifs is 3. The molecule has 1 fully saturated rings. The normalized spacial score (nSPS) is 16.9. The second-order valence-corrected chi connectivity index (χ2v) is 10.7. The zero-order valence-corrected chi connectivity index (χ0v) is 20.5. The topological polar surface area (TPSA) is 105 Å². The Morgan fingerprint density at radius 1 is 0.971 bits per heavy atom. The molecule has 2 aliphatic carbocycles. The Hall–Kier alpha value is -3.35. The van der Waals surface area contributed by atoms with Crippen LogP contribution in [0.2, 0.25) is 0 Å². The first-order chi connectivity index (χ1) is 16.6. The fraction of sp³-hybridized carbons (Fsp3) is 0.464. The van der Waals surface area contributed by atoms with Gasteiger partial charge in [-0.15, -0.1) is 0 Å². The van der Waals surface area contributed by atoms with Gasteiger partial charge in [-0.25, -0.2) is 9.59 Å². The molecule has 7 nitrogen and oxygen atoms in total. The SMILES string of the molecule is CC(C)(C)C(CC(=O)NC(C(=O)O)C1CCC1)NC(=O)OCC1c2ccccc2-c2ccccc21. The van der Waals surface area contributed by atoms with E-state index in [9.17, 15) is 19.5 Å². The maximum atomic E-state index is 12.8. The molecule has 2 aromatic rings. The van der Waals surface area contributed by atoms with Gasteiger partial charge in [-0.1, -0.05) is 75.7 Å². The molecule has 0 aliphatic heterocycles. The van der Waals surface area contributed by atoms with E-state index in [4.69, 9.17) is 4.74 Å². The van der Waals surface area contributed by atoms with Crippen molar-refractivity contribution in [3.8, 4) is 11.1 Å². The number of carbonyl (C=O) groups is 3. The smallest absolute Gasteiger partial charge is 0.407 e. The molecule has 2 amide bonds. The zero-order chi connectivity index (χ0) is 25.2. The third kappa shape index (κ3) is 5.50. The lowest BCUT2D eigenvalue weighted by atomic mass is 9.79. The van der Waals surface area contributed by atoms with Gasteiger partial charge in [0, 0.05) is 18.4 Å². The van der Waals surface area contributed by atoms with Crippen molar-refractivity contribution >= 4 is 18.0 Å². The summed E-state index contributed by atoms with van der Waals surface area (Å²) in [6, 6.07) is 14.9. The summed E-state index contributed by atoms with van der Waals surface area (Å²) in [7, 11) is 0. The summed E-state index contributed by atoms with van der Waals surface area (Å²) in [5.41, 5.74) is 4.13. The van der Waals surface area contributed by atoms with Gasteiger partial charge in [0.2, 0.25) is 5.91 Å². The van der Waals surface area contributed by atoms with Crippen molar-refractivity contribution in [2.75, 3.05) is 6.61 Å². The molecule has 2 aromatic carbocycles. The zero-order valence-electron chi connectivity index (χ0n) is 20.5. The van der Waals surface area contributed by atoms with Crippen LogP contribution in [0.15, 0.2) is 48.5 Å². The van der Waals surface area contributed by atoms with E-state index in [1.54, 1.807) is 0 Å². The van der Waals surface area contributed by atoms with E-state index in [-0.39, 0.29) is 30.8 Å². The summed E-state index contributed by atoms with van der Waals surface area (Å²) in [4.78, 5) is 37.1. The highest BCUT2D eigenvalue weighted by molar-refractivity contribution is 5.84. The summed E-state index contributed by atoms with van der Waals surface area (Å²) in [6.07, 6.45) is 1.98. The monoisotopic (exact) mass is 478 g/mol. The fourth-order valence-corrected chi connectivity index (χ4v) is 4.93. The van der Waals surface area contributed by atoms with Crippen molar-refractivity contribution in [2.24, 2.45) is 11.3 Å². The molecular formula is C28H34N2O5. The quantitative estimate of drug-likeness (QED) is 0.510. The van der Waals surface area contributed by atoms with E-state index in [2.05, 4.69) is 34.9 Å². The number of alkyl carbamates (subject to hydrolysis) is 1. The van der Waals surface area contributed by atoms with Gasteiger partial charge < -0.3 is 20.5 Å². The van der Waals surface area contributed by atoms with Crippen LogP contribution in [0.1, 0.15) is 63.5 Å². The molecule has 2 unspecified atom stereocenters. The van der Waals surface area contributed by atoms with Crippen molar-refractivity contribution in [1.29, 1.82) is 0 Å². The number of rotatable bonds is 8. The Kier molecular flexibility index (Phi) is 7.15. The van der Waals surface area contributed by atoms with Crippen LogP contribution in [0.25, 0.3) is 11.1 Å². The molecule has 0 bridgehead atoms. The predicted molar refractivity (Wildman–Crippen MR) is 133 cm³/mol. The minimum Gasteiger partial charge on any atom is -0.480 e. The first kappa shape index (κ1) is 24.8. The van der Waals surface area contributed by atoms with Crippen molar-refractivity contribution < 1.29 is 24.2 Å². The van der Waals surface area contributed by atoms with Gasteiger partial charge in [-0.2, -0.15) is 0 Å². The van der Waals surface area contributed by atoms with Crippen LogP contribution in [0, 0.1) is 11.3 Å². The third-order valence-corrected chi connectivity index (χ3v) is 7.27. The van der Waals surface area contributed by atoms with Gasteiger partial charge in [-0.3, -0.25) is 4.79 Å². The average molecular weight is 479 g/mol. The average Bonchev–Trinajstić information content (AvgIpc) is 3.08. The largest absolute Gasteiger partial charge is 0.480 e. The number of ether oxygens (including phenoxy) is 1. The van der Waals surface area contributed by atoms with Gasteiger partial charge in [0.25, 0.3) is 0 Å². The van der Waals surface area contributed by atoms with Gasteiger partial charge in [0.15, 0.2) is 0 Å². The van der Waals surface area contributed by atoms with E-state index >= 15 is 0 Å². The lowest BCUT2D eigenvalue weighted by Gasteiger charge is -2.34. The molecule has 2 atom stereocenters. The highest BCUT2D eigenvalue weighted by atomic mass is 16.5. The number of aliphatic carboxylic acids is 1. The third-order valence-electron chi connectivity index (χ3n) is 7.27. The maximum Gasteiger partial charge on any atom is 0.407 e. The first-order valence-corrected chi connectivity index (χ1v) is 12.3. The van der Waals surface area contributed by atoms with Crippen LogP contribution in [0.3, 0.4) is 0 Å². The van der Waals surface area contributed by atoms with Crippen LogP contribution in [-0.2, 0) is 14.3 Å². The number of benzene rings is 2. The Bertz CT molecular complexity index is 1060. The minimum atomic E-state index is -1.01. The molecule has 0 saturated heterocycles. The van der Waals surface area contributed by atoms with Crippen molar-refractivity contribution in [2.45, 2.75) is 64.5 Å². The number of carboxylic acid groups (broad SMARTS) is 1. The minimum absolute atomic E-state index is 0.0236. The number of nitrogens with one attached hydrogen (secondary N) is 2. The lowest BCUT2D eigenvalue weighted by Crippen LogP contribution is -2.51. The second-order valence-electron chi connectivity index (χ2n) is 10.7. The second kappa shape index (κ2) is 10.1. The highest BCUT2D eigenvalue weighted by Gasteiger charge is 2.36. The first-order valence-electron chi connectivity index (χ1n) is 12.3. The van der Waals surface area contributed by atoms with E-state index in [0.717, 1.165) is 41.5 Å². The van der Waals surface area contributed by atoms with Gasteiger partial charge in [0.1, 0.15) is 12.6 Å². The molecule has 2 aliphatic rings. The summed E-state index contributed by atoms with van der Waals surface area (Å²) in [5.74, 6) is -1.48. The molecular weight excluding hydrogens is 444 g/mol. The highest BCUT2D eigenvalue weighted by Crippen LogP contribution is 2.44. The molecule has 0 aromatic heterocycles. The number of hydrogen-bond acceptors (Lipinski definition) is 4. The molecule has 186 valence electrons. The number of amides is 2. The van der Waals surface area contributed by atoms with E-state index in [0.29, 0.717) is 0 Å². The summed E-state index contributed by atoms with van der Waals surface area (Å²) >= 11 is 0. The maximum absolute atomic E-state index is 12.8. The molecule has 7 heteroatoms. The Morgan fingerprint density at radius 3 is 2.03 bits per heavy atom. The summed E-state index contributed by atoms with van der Waals surface area (Å²) < 4.78 is 5.66. The van der Waals surface area contributed by atoms with Crippen LogP contribution < -0.4 is 10.6 Å². The summed E-state index contributed by atoms with van der Waals surface area (Å²) in [6.45, 7) is 5.96. The van der Waals surface area contributed by atoms with E-state index in [1.165, 1.54) is 0 Å². The summed E-state index contributed by atoms with van der Waals surface area (Å²) in [5, 5.41) is 15.0. The molecule has 35 heavy (non-hydrogen) atoms. The van der Waals surface area contributed by atoms with E-state index in [1.807, 2.05) is 45.0 Å². The Labute approximate surface area is 206 Å². The van der Waals surface area contributed by atoms with Crippen LogP contribution >= 0.6 is 0 Å². The van der Waals surface area contributed by atoms with Crippen LogP contribution in [-0.4, -0.2) is 41.8 Å². The Morgan fingerprint density at radius 2 is 1.54 bits per heavy atom. The lowest BCUT2D eigenvalue weighted by molar-refractivity contribution is -0.144. The molecule has 4 rings (SSSR count). The van der Waals surface area contributed by atoms with Crippen LogP contribution in [0.5, 0.6) is 0 Å². The molecule has 0 radical (unpaired) electrons. The van der Waals surface area contributed by atoms with Crippen molar-refractivity contribution in [1.82, 2.24) is 10.6 Å². The predicted octanol–water partition coefficient (Wildman–Crippen LogP) is 4.70. The number of hydrogen-bond donors (Lipinski definition) is 3. The van der Waals surface area contributed by atoms with Crippen molar-refractivity contribution in [3.63, 3.8) is 0 Å². The van der Waals surface area contributed by atoms with E-state index < -0.39 is 29.6 Å². The van der Waals surface area contributed by atoms with Crippen molar-refractivity contribution in [3.05, 3.63) is 59.7 Å². The molecule has 0 heterocycles. The van der Waals surface area contributed by atoms with Crippen LogP contribution in [0.4, 0.5) is 4.79 Å². The van der Waals surface area contributed by atoms with Gasteiger partial charge in [0.05, 0.1) is 0 Å². The standard InChI is InChI=1S/C28H34N2O5/c1-28(2,3)23(15-24(31)30-25(26(32)33)17-9-8-10-17)29-27(34)35-16-22-20-13-6-4-11-18(20)19-12-5-7-14-21(19)22/h4-7,11-14,17,22-23,25H,8-10,15-16H2,1-3H3,(H,29,34)(H,30,31)(H,32,33). The Balaban J connectivity index is 1.38. The number of carbonyl (C=O) groups excluding carboxylic acids is 2. The number of carboxylic acids is 1. The molecule has 0 spiro atoms.